The average Bonchev–Trinajstić information content (AvgIpc) is 2.46. The third-order valence-electron chi connectivity index (χ3n) is 3.31. The predicted octanol–water partition coefficient (Wildman–Crippen LogP) is 2.60. The summed E-state index contributed by atoms with van der Waals surface area (Å²) in [6.45, 7) is 1.94. The molecule has 0 aliphatic rings. The van der Waals surface area contributed by atoms with Gasteiger partial charge in [0.15, 0.2) is 0 Å². The maximum Gasteiger partial charge on any atom is 0.337 e. The number of fused-ring (bicyclic) bond motifs is 1. The largest absolute Gasteiger partial charge is 0.478 e. The Kier molecular flexibility index (Phi) is 4.55. The number of carboxylic acids is 1. The van der Waals surface area contributed by atoms with Crippen molar-refractivity contribution in [3.8, 4) is 0 Å². The van der Waals surface area contributed by atoms with Crippen molar-refractivity contribution in [3.63, 3.8) is 0 Å². The second-order valence-electron chi connectivity index (χ2n) is 4.93. The number of carboxylic acid groups (broad SMARTS) is 1. The van der Waals surface area contributed by atoms with E-state index in [0.29, 0.717) is 6.42 Å². The summed E-state index contributed by atoms with van der Waals surface area (Å²) < 4.78 is 0. The summed E-state index contributed by atoms with van der Waals surface area (Å²) in [6, 6.07) is 9.97. The van der Waals surface area contributed by atoms with Crippen molar-refractivity contribution in [2.75, 3.05) is 5.32 Å². The van der Waals surface area contributed by atoms with Crippen LogP contribution in [0.2, 0.25) is 0 Å². The maximum absolute atomic E-state index is 12.0. The minimum atomic E-state index is -1.08. The first-order chi connectivity index (χ1) is 10.0. The van der Waals surface area contributed by atoms with Crippen LogP contribution in [0.25, 0.3) is 10.8 Å². The molecule has 0 aliphatic heterocycles. The third-order valence-corrected chi connectivity index (χ3v) is 3.31. The van der Waals surface area contributed by atoms with Crippen LogP contribution in [0.1, 0.15) is 30.1 Å². The topological polar surface area (TPSA) is 92.4 Å². The molecule has 1 amide bonds. The standard InChI is InChI=1S/C16H18N2O3/c1-2-5-13(17)15(19)18-14-9-11-7-4-3-6-10(11)8-12(14)16(20)21/h3-4,6-9,13H,2,5,17H2,1H3,(H,18,19)(H,20,21). The third kappa shape index (κ3) is 3.38. The Morgan fingerprint density at radius 2 is 1.86 bits per heavy atom. The summed E-state index contributed by atoms with van der Waals surface area (Å²) in [4.78, 5) is 23.3. The molecule has 0 aromatic heterocycles. The number of carbonyl (C=O) groups is 2. The smallest absolute Gasteiger partial charge is 0.337 e. The normalized spacial score (nSPS) is 12.1. The zero-order valence-electron chi connectivity index (χ0n) is 11.8. The molecule has 1 atom stereocenters. The highest BCUT2D eigenvalue weighted by Crippen LogP contribution is 2.24. The highest BCUT2D eigenvalue weighted by Gasteiger charge is 2.17. The highest BCUT2D eigenvalue weighted by atomic mass is 16.4. The molecule has 2 aromatic rings. The van der Waals surface area contributed by atoms with E-state index in [1.807, 2.05) is 31.2 Å². The van der Waals surface area contributed by atoms with E-state index in [9.17, 15) is 14.7 Å². The number of anilines is 1. The van der Waals surface area contributed by atoms with E-state index in [4.69, 9.17) is 5.73 Å². The molecule has 0 aliphatic carbocycles. The number of hydrogen-bond acceptors (Lipinski definition) is 3. The molecule has 5 nitrogen and oxygen atoms in total. The van der Waals surface area contributed by atoms with Gasteiger partial charge in [0.1, 0.15) is 0 Å². The van der Waals surface area contributed by atoms with Gasteiger partial charge in [0, 0.05) is 0 Å². The van der Waals surface area contributed by atoms with Crippen molar-refractivity contribution >= 4 is 28.3 Å². The monoisotopic (exact) mass is 286 g/mol. The van der Waals surface area contributed by atoms with Crippen molar-refractivity contribution in [1.29, 1.82) is 0 Å². The summed E-state index contributed by atoms with van der Waals surface area (Å²) in [5.74, 6) is -1.45. The summed E-state index contributed by atoms with van der Waals surface area (Å²) in [7, 11) is 0. The Morgan fingerprint density at radius 3 is 2.43 bits per heavy atom. The Labute approximate surface area is 122 Å². The molecule has 2 aromatic carbocycles. The van der Waals surface area contributed by atoms with Crippen molar-refractivity contribution in [2.24, 2.45) is 5.73 Å². The summed E-state index contributed by atoms with van der Waals surface area (Å²) in [5, 5.41) is 13.6. The number of hydrogen-bond donors (Lipinski definition) is 3. The van der Waals surface area contributed by atoms with Crippen LogP contribution in [0.15, 0.2) is 36.4 Å². The number of carbonyl (C=O) groups excluding carboxylic acids is 1. The Balaban J connectivity index is 2.39. The average molecular weight is 286 g/mol. The van der Waals surface area contributed by atoms with Crippen LogP contribution in [0, 0.1) is 0 Å². The lowest BCUT2D eigenvalue weighted by atomic mass is 10.0. The van der Waals surface area contributed by atoms with Crippen LogP contribution in [0.3, 0.4) is 0 Å². The predicted molar refractivity (Wildman–Crippen MR) is 82.4 cm³/mol. The van der Waals surface area contributed by atoms with Gasteiger partial charge in [-0.2, -0.15) is 0 Å². The number of nitrogens with one attached hydrogen (secondary N) is 1. The lowest BCUT2D eigenvalue weighted by molar-refractivity contribution is -0.117. The number of rotatable bonds is 5. The van der Waals surface area contributed by atoms with Crippen LogP contribution in [-0.4, -0.2) is 23.0 Å². The van der Waals surface area contributed by atoms with Crippen LogP contribution < -0.4 is 11.1 Å². The van der Waals surface area contributed by atoms with Crippen LogP contribution in [0.4, 0.5) is 5.69 Å². The molecule has 21 heavy (non-hydrogen) atoms. The molecule has 5 heteroatoms. The van der Waals surface area contributed by atoms with Crippen molar-refractivity contribution < 1.29 is 14.7 Å². The molecule has 1 unspecified atom stereocenters. The molecule has 110 valence electrons. The van der Waals surface area contributed by atoms with E-state index in [1.54, 1.807) is 12.1 Å². The molecule has 0 bridgehead atoms. The summed E-state index contributed by atoms with van der Waals surface area (Å²) in [5.41, 5.74) is 6.09. The van der Waals surface area contributed by atoms with Crippen LogP contribution in [0.5, 0.6) is 0 Å². The minimum Gasteiger partial charge on any atom is -0.478 e. The fraction of sp³-hybridized carbons (Fsp3) is 0.250. The molecule has 0 saturated carbocycles. The Hall–Kier alpha value is -2.40. The fourth-order valence-electron chi connectivity index (χ4n) is 2.19. The van der Waals surface area contributed by atoms with E-state index < -0.39 is 12.0 Å². The van der Waals surface area contributed by atoms with E-state index >= 15 is 0 Å². The maximum atomic E-state index is 12.0. The molecule has 0 spiro atoms. The Bertz CT molecular complexity index is 682. The minimum absolute atomic E-state index is 0.0609. The lowest BCUT2D eigenvalue weighted by Crippen LogP contribution is -2.35. The van der Waals surface area contributed by atoms with Gasteiger partial charge in [0.25, 0.3) is 0 Å². The first kappa shape index (κ1) is 15.0. The van der Waals surface area contributed by atoms with Gasteiger partial charge in [0.05, 0.1) is 17.3 Å². The summed E-state index contributed by atoms with van der Waals surface area (Å²) in [6.07, 6.45) is 1.35. The van der Waals surface area contributed by atoms with E-state index in [-0.39, 0.29) is 17.2 Å². The van der Waals surface area contributed by atoms with E-state index in [1.165, 1.54) is 0 Å². The van der Waals surface area contributed by atoms with Gasteiger partial charge in [-0.25, -0.2) is 4.79 Å². The first-order valence-electron chi connectivity index (χ1n) is 6.85. The molecule has 0 fully saturated rings. The second-order valence-corrected chi connectivity index (χ2v) is 4.93. The number of benzene rings is 2. The lowest BCUT2D eigenvalue weighted by Gasteiger charge is -2.14. The van der Waals surface area contributed by atoms with E-state index in [2.05, 4.69) is 5.32 Å². The zero-order valence-corrected chi connectivity index (χ0v) is 11.8. The molecule has 2 rings (SSSR count). The van der Waals surface area contributed by atoms with Gasteiger partial charge in [0.2, 0.25) is 5.91 Å². The SMILES string of the molecule is CCCC(N)C(=O)Nc1cc2ccccc2cc1C(=O)O. The van der Waals surface area contributed by atoms with Crippen molar-refractivity contribution in [2.45, 2.75) is 25.8 Å². The fourth-order valence-corrected chi connectivity index (χ4v) is 2.19. The van der Waals surface area contributed by atoms with Gasteiger partial charge in [-0.3, -0.25) is 4.79 Å². The van der Waals surface area contributed by atoms with Gasteiger partial charge < -0.3 is 16.2 Å². The van der Waals surface area contributed by atoms with Gasteiger partial charge >= 0.3 is 5.97 Å². The molecule has 0 saturated heterocycles. The number of amides is 1. The number of aromatic carboxylic acids is 1. The van der Waals surface area contributed by atoms with Gasteiger partial charge in [-0.05, 0) is 29.3 Å². The van der Waals surface area contributed by atoms with Crippen molar-refractivity contribution in [1.82, 2.24) is 0 Å². The van der Waals surface area contributed by atoms with Crippen molar-refractivity contribution in [3.05, 3.63) is 42.0 Å². The quantitative estimate of drug-likeness (QED) is 0.787. The molecule has 0 heterocycles. The molecular weight excluding hydrogens is 268 g/mol. The van der Waals surface area contributed by atoms with E-state index in [0.717, 1.165) is 17.2 Å². The highest BCUT2D eigenvalue weighted by molar-refractivity contribution is 6.06. The second kappa shape index (κ2) is 6.37. The zero-order chi connectivity index (χ0) is 15.4. The van der Waals surface area contributed by atoms with Crippen LogP contribution in [-0.2, 0) is 4.79 Å². The molecule has 4 N–H and O–H groups in total. The molecular formula is C16H18N2O3. The van der Waals surface area contributed by atoms with Gasteiger partial charge in [-0.15, -0.1) is 0 Å². The number of nitrogens with two attached hydrogens (primary N) is 1. The first-order valence-corrected chi connectivity index (χ1v) is 6.85. The summed E-state index contributed by atoms with van der Waals surface area (Å²) >= 11 is 0. The molecule has 0 radical (unpaired) electrons. The van der Waals surface area contributed by atoms with Crippen LogP contribution >= 0.6 is 0 Å². The Morgan fingerprint density at radius 1 is 1.24 bits per heavy atom. The van der Waals surface area contributed by atoms with Gasteiger partial charge in [-0.1, -0.05) is 37.6 Å².